The molecule has 25 heavy (non-hydrogen) atoms. The highest BCUT2D eigenvalue weighted by Gasteiger charge is 2.43. The Labute approximate surface area is 142 Å². The number of hydrogen-bond donors (Lipinski definition) is 1. The molecule has 0 saturated carbocycles. The van der Waals surface area contributed by atoms with Gasteiger partial charge in [-0.15, -0.1) is 0 Å². The van der Waals surface area contributed by atoms with Crippen molar-refractivity contribution in [2.24, 2.45) is 0 Å². The topological polar surface area (TPSA) is 92.4 Å². The highest BCUT2D eigenvalue weighted by atomic mass is 19.4. The zero-order chi connectivity index (χ0) is 19.4. The van der Waals surface area contributed by atoms with Crippen LogP contribution in [0.2, 0.25) is 0 Å². The van der Waals surface area contributed by atoms with Gasteiger partial charge < -0.3 is 10.3 Å². The number of likely N-dealkylation sites (N-methyl/N-ethyl adjacent to an activating group) is 1. The van der Waals surface area contributed by atoms with Crippen molar-refractivity contribution in [3.63, 3.8) is 0 Å². The quantitative estimate of drug-likeness (QED) is 0.750. The maximum atomic E-state index is 12.7. The molecule has 0 aromatic carbocycles. The summed E-state index contributed by atoms with van der Waals surface area (Å²) < 4.78 is 38.1. The Balaban J connectivity index is 2.99. The van der Waals surface area contributed by atoms with Gasteiger partial charge >= 0.3 is 18.1 Å². The van der Waals surface area contributed by atoms with Gasteiger partial charge in [-0.25, -0.2) is 0 Å². The van der Waals surface area contributed by atoms with E-state index >= 15 is 0 Å². The summed E-state index contributed by atoms with van der Waals surface area (Å²) in [6.07, 6.45) is -2.84. The van der Waals surface area contributed by atoms with Gasteiger partial charge in [-0.2, -0.15) is 13.2 Å². The van der Waals surface area contributed by atoms with E-state index in [0.29, 0.717) is 6.07 Å². The van der Waals surface area contributed by atoms with Crippen LogP contribution in [0, 0.1) is 11.6 Å². The van der Waals surface area contributed by atoms with Crippen LogP contribution in [0.3, 0.4) is 0 Å². The number of ketones is 2. The second-order valence-corrected chi connectivity index (χ2v) is 5.50. The Kier molecular flexibility index (Phi) is 6.39. The van der Waals surface area contributed by atoms with Crippen LogP contribution in [-0.2, 0) is 15.8 Å². The average Bonchev–Trinajstić information content (AvgIpc) is 2.52. The van der Waals surface area contributed by atoms with Crippen molar-refractivity contribution in [2.75, 3.05) is 7.05 Å². The molecule has 1 rings (SSSR count). The van der Waals surface area contributed by atoms with Crippen molar-refractivity contribution < 1.29 is 32.5 Å². The number of halogens is 3. The Bertz CT molecular complexity index is 701. The maximum Gasteiger partial charge on any atom is 0.496 e. The highest BCUT2D eigenvalue weighted by Crippen LogP contribution is 2.25. The van der Waals surface area contributed by atoms with Crippen molar-refractivity contribution in [3.05, 3.63) is 29.6 Å². The molecule has 6 nitrogen and oxygen atoms in total. The minimum absolute atomic E-state index is 0.0203. The lowest BCUT2D eigenvalue weighted by atomic mass is 10.0. The second-order valence-electron chi connectivity index (χ2n) is 5.50. The molecule has 1 aromatic heterocycles. The minimum atomic E-state index is -4.72. The summed E-state index contributed by atoms with van der Waals surface area (Å²) in [4.78, 5) is 39.7. The van der Waals surface area contributed by atoms with Crippen LogP contribution < -0.4 is 4.98 Å². The Morgan fingerprint density at radius 1 is 1.32 bits per heavy atom. The predicted octanol–water partition coefficient (Wildman–Crippen LogP) is 1.52. The summed E-state index contributed by atoms with van der Waals surface area (Å²) in [7, 11) is 1.27. The molecule has 0 aliphatic rings. The molecule has 1 aromatic rings. The van der Waals surface area contributed by atoms with Gasteiger partial charge in [-0.3, -0.25) is 14.4 Å². The molecule has 0 aliphatic carbocycles. The van der Waals surface area contributed by atoms with Crippen LogP contribution >= 0.6 is 0 Å². The molecule has 134 valence electrons. The van der Waals surface area contributed by atoms with Crippen molar-refractivity contribution in [1.29, 1.82) is 5.41 Å². The van der Waals surface area contributed by atoms with Gasteiger partial charge in [-0.1, -0.05) is 0 Å². The van der Waals surface area contributed by atoms with Gasteiger partial charge in [0.1, 0.15) is 0 Å². The van der Waals surface area contributed by atoms with Crippen LogP contribution in [0.1, 0.15) is 42.7 Å². The number of Topliss-reactive ketones (excluding diaryl/α,β-unsaturated/α-hetero) is 2. The molecule has 0 saturated heterocycles. The summed E-state index contributed by atoms with van der Waals surface area (Å²) in [6.45, 7) is 2.53. The number of carbonyl (C=O) groups is 3. The standard InChI is InChI=1S/C16H17F3N3O3/c1-9(20)13(24)5-4-12(10(2)23)22(3)15(25)11-6-7-21-14(8-11)16(17,18)19/h6,8,12,20H,4-5H2,1-3H3/q+1. The van der Waals surface area contributed by atoms with Gasteiger partial charge in [-0.05, 0) is 25.3 Å². The Hall–Kier alpha value is -2.76. The van der Waals surface area contributed by atoms with E-state index in [4.69, 9.17) is 5.41 Å². The summed E-state index contributed by atoms with van der Waals surface area (Å²) >= 11 is 0. The molecular weight excluding hydrogens is 339 g/mol. The van der Waals surface area contributed by atoms with E-state index in [-0.39, 0.29) is 24.1 Å². The summed E-state index contributed by atoms with van der Waals surface area (Å²) in [5.74, 6) is -1.70. The maximum absolute atomic E-state index is 12.7. The van der Waals surface area contributed by atoms with Crippen molar-refractivity contribution in [3.8, 4) is 0 Å². The number of alkyl halides is 3. The molecule has 0 spiro atoms. The molecule has 1 unspecified atom stereocenters. The first kappa shape index (κ1) is 20.3. The molecule has 0 radical (unpaired) electrons. The average molecular weight is 356 g/mol. The summed E-state index contributed by atoms with van der Waals surface area (Å²) in [5.41, 5.74) is -1.75. The van der Waals surface area contributed by atoms with Crippen LogP contribution in [0.5, 0.6) is 0 Å². The number of carbonyl (C=O) groups excluding carboxylic acids is 3. The van der Waals surface area contributed by atoms with E-state index in [1.54, 1.807) is 0 Å². The van der Waals surface area contributed by atoms with E-state index in [2.05, 4.69) is 4.98 Å². The molecular formula is C16H17F3N3O3+. The van der Waals surface area contributed by atoms with E-state index < -0.39 is 35.4 Å². The highest BCUT2D eigenvalue weighted by molar-refractivity contribution is 6.37. The zero-order valence-electron chi connectivity index (χ0n) is 13.9. The van der Waals surface area contributed by atoms with E-state index in [9.17, 15) is 27.6 Å². The molecule has 0 aliphatic heterocycles. The third-order valence-electron chi connectivity index (χ3n) is 3.55. The van der Waals surface area contributed by atoms with Gasteiger partial charge in [0, 0.05) is 19.5 Å². The van der Waals surface area contributed by atoms with Gasteiger partial charge in [0.25, 0.3) is 5.91 Å². The SMILES string of the molecule is CC(=N)C(=O)CCC(C(C)=O)N(C)C(=O)c1cc#[n+]c(C(F)(F)F)c1. The monoisotopic (exact) mass is 356 g/mol. The Morgan fingerprint density at radius 2 is 1.92 bits per heavy atom. The fourth-order valence-corrected chi connectivity index (χ4v) is 2.13. The first-order valence-electron chi connectivity index (χ1n) is 7.26. The number of rotatable bonds is 7. The van der Waals surface area contributed by atoms with Crippen LogP contribution in [0.15, 0.2) is 12.1 Å². The zero-order valence-corrected chi connectivity index (χ0v) is 13.9. The van der Waals surface area contributed by atoms with E-state index in [1.165, 1.54) is 20.9 Å². The van der Waals surface area contributed by atoms with E-state index in [0.717, 1.165) is 11.0 Å². The van der Waals surface area contributed by atoms with Gasteiger partial charge in [0.15, 0.2) is 11.6 Å². The van der Waals surface area contributed by atoms with Crippen LogP contribution in [-0.4, -0.2) is 41.2 Å². The van der Waals surface area contributed by atoms with Gasteiger partial charge in [0.05, 0.1) is 23.4 Å². The lowest BCUT2D eigenvalue weighted by Gasteiger charge is -2.25. The van der Waals surface area contributed by atoms with Crippen molar-refractivity contribution in [2.45, 2.75) is 38.9 Å². The molecule has 1 heterocycles. The van der Waals surface area contributed by atoms with E-state index in [1.807, 2.05) is 6.20 Å². The fraction of sp³-hybridized carbons (Fsp3) is 0.438. The predicted molar refractivity (Wildman–Crippen MR) is 80.1 cm³/mol. The summed E-state index contributed by atoms with van der Waals surface area (Å²) in [6, 6.07) is 0.593. The lowest BCUT2D eigenvalue weighted by Crippen LogP contribution is -2.42. The lowest BCUT2D eigenvalue weighted by molar-refractivity contribution is -0.359. The number of nitrogens with one attached hydrogen (secondary N) is 1. The molecule has 0 bridgehead atoms. The third kappa shape index (κ3) is 5.38. The third-order valence-corrected chi connectivity index (χ3v) is 3.55. The minimum Gasteiger partial charge on any atom is -0.332 e. The van der Waals surface area contributed by atoms with Crippen molar-refractivity contribution in [1.82, 2.24) is 4.90 Å². The number of amides is 1. The molecule has 1 amide bonds. The van der Waals surface area contributed by atoms with Crippen LogP contribution in [0.25, 0.3) is 0 Å². The number of hydrogen-bond acceptors (Lipinski definition) is 4. The smallest absolute Gasteiger partial charge is 0.332 e. The Morgan fingerprint density at radius 3 is 2.40 bits per heavy atom. The molecule has 1 N–H and O–H groups in total. The van der Waals surface area contributed by atoms with Crippen LogP contribution in [0.4, 0.5) is 13.2 Å². The van der Waals surface area contributed by atoms with Gasteiger partial charge in [0.2, 0.25) is 0 Å². The first-order valence-corrected chi connectivity index (χ1v) is 7.26. The normalized spacial score (nSPS) is 12.1. The molecule has 9 heteroatoms. The largest absolute Gasteiger partial charge is 0.496 e. The number of aromatic nitrogens is 1. The fourth-order valence-electron chi connectivity index (χ4n) is 2.13. The molecule has 1 atom stereocenters. The molecule has 0 fully saturated rings. The summed E-state index contributed by atoms with van der Waals surface area (Å²) in [5, 5.41) is 7.23. The number of nitrogens with zero attached hydrogens (tertiary/aromatic N) is 2. The van der Waals surface area contributed by atoms with Crippen molar-refractivity contribution >= 4 is 23.2 Å². The second kappa shape index (κ2) is 7.88. The first-order chi connectivity index (χ1) is 11.4.